The van der Waals surface area contributed by atoms with Gasteiger partial charge in [-0.15, -0.1) is 0 Å². The van der Waals surface area contributed by atoms with Crippen LogP contribution in [0.5, 0.6) is 5.75 Å². The molecule has 2 aromatic rings. The van der Waals surface area contributed by atoms with Crippen molar-refractivity contribution in [3.05, 3.63) is 47.0 Å². The van der Waals surface area contributed by atoms with Gasteiger partial charge in [0.05, 0.1) is 18.4 Å². The number of carbonyl (C=O) groups is 1. The van der Waals surface area contributed by atoms with Crippen molar-refractivity contribution in [1.82, 2.24) is 9.78 Å². The van der Waals surface area contributed by atoms with E-state index in [1.807, 2.05) is 6.92 Å². The van der Waals surface area contributed by atoms with Gasteiger partial charge in [-0.3, -0.25) is 9.48 Å². The second-order valence-electron chi connectivity index (χ2n) is 4.15. The zero-order chi connectivity index (χ0) is 14.0. The van der Waals surface area contributed by atoms with Gasteiger partial charge in [0.15, 0.2) is 11.6 Å². The van der Waals surface area contributed by atoms with Gasteiger partial charge in [-0.1, -0.05) is 13.0 Å². The average Bonchev–Trinajstić information content (AvgIpc) is 2.79. The molecule has 0 atom stereocenters. The summed E-state index contributed by atoms with van der Waals surface area (Å²) < 4.78 is 20.4. The molecule has 1 aromatic carbocycles. The first-order valence-electron chi connectivity index (χ1n) is 5.98. The van der Waals surface area contributed by atoms with Crippen LogP contribution >= 0.6 is 0 Å². The first-order valence-corrected chi connectivity index (χ1v) is 5.98. The van der Waals surface area contributed by atoms with Crippen molar-refractivity contribution in [2.75, 3.05) is 7.11 Å². The van der Waals surface area contributed by atoms with Gasteiger partial charge in [-0.25, -0.2) is 4.39 Å². The Labute approximate surface area is 110 Å². The number of aryl methyl sites for hydroxylation is 2. The normalized spacial score (nSPS) is 10.5. The quantitative estimate of drug-likeness (QED) is 0.794. The first-order chi connectivity index (χ1) is 9.08. The third kappa shape index (κ3) is 2.36. The maximum Gasteiger partial charge on any atom is 0.214 e. The van der Waals surface area contributed by atoms with E-state index in [4.69, 9.17) is 4.74 Å². The van der Waals surface area contributed by atoms with Gasteiger partial charge in [0.25, 0.3) is 0 Å². The molecule has 0 spiro atoms. The fraction of sp³-hybridized carbons (Fsp3) is 0.286. The van der Waals surface area contributed by atoms with Crippen LogP contribution in [0.25, 0.3) is 0 Å². The van der Waals surface area contributed by atoms with Crippen molar-refractivity contribution in [1.29, 1.82) is 0 Å². The number of hydrogen-bond acceptors (Lipinski definition) is 3. The van der Waals surface area contributed by atoms with Gasteiger partial charge in [0, 0.05) is 7.05 Å². The topological polar surface area (TPSA) is 44.1 Å². The number of methoxy groups -OCH3 is 1. The van der Waals surface area contributed by atoms with Crippen LogP contribution in [0.15, 0.2) is 24.3 Å². The van der Waals surface area contributed by atoms with Crippen LogP contribution < -0.4 is 4.74 Å². The van der Waals surface area contributed by atoms with Crippen molar-refractivity contribution in [3.63, 3.8) is 0 Å². The molecule has 0 unspecified atom stereocenters. The number of rotatable bonds is 4. The SMILES string of the molecule is CCc1cc(C(=O)c2cccc(OC)c2F)n(C)n1. The molecule has 1 heterocycles. The summed E-state index contributed by atoms with van der Waals surface area (Å²) >= 11 is 0. The van der Waals surface area contributed by atoms with E-state index in [0.717, 1.165) is 12.1 Å². The molecule has 0 aliphatic carbocycles. The molecular weight excluding hydrogens is 247 g/mol. The number of ether oxygens (including phenoxy) is 1. The molecule has 0 saturated heterocycles. The molecule has 0 fully saturated rings. The van der Waals surface area contributed by atoms with Crippen LogP contribution in [0.3, 0.4) is 0 Å². The van der Waals surface area contributed by atoms with Crippen LogP contribution in [0, 0.1) is 5.82 Å². The molecule has 100 valence electrons. The molecule has 0 N–H and O–H groups in total. The van der Waals surface area contributed by atoms with E-state index in [1.165, 1.54) is 23.9 Å². The molecule has 5 heteroatoms. The number of benzene rings is 1. The Balaban J connectivity index is 2.47. The Morgan fingerprint density at radius 3 is 2.79 bits per heavy atom. The summed E-state index contributed by atoms with van der Waals surface area (Å²) in [5.41, 5.74) is 1.16. The molecule has 0 saturated carbocycles. The molecule has 1 aromatic heterocycles. The number of ketones is 1. The molecule has 2 rings (SSSR count). The molecule has 0 radical (unpaired) electrons. The second-order valence-corrected chi connectivity index (χ2v) is 4.15. The largest absolute Gasteiger partial charge is 0.494 e. The highest BCUT2D eigenvalue weighted by molar-refractivity contribution is 6.08. The minimum Gasteiger partial charge on any atom is -0.494 e. The Kier molecular flexibility index (Phi) is 3.64. The van der Waals surface area contributed by atoms with Crippen molar-refractivity contribution in [2.45, 2.75) is 13.3 Å². The highest BCUT2D eigenvalue weighted by Gasteiger charge is 2.20. The maximum absolute atomic E-state index is 14.1. The van der Waals surface area contributed by atoms with Gasteiger partial charge in [-0.2, -0.15) is 5.10 Å². The van der Waals surface area contributed by atoms with E-state index >= 15 is 0 Å². The van der Waals surface area contributed by atoms with Crippen molar-refractivity contribution < 1.29 is 13.9 Å². The number of nitrogens with zero attached hydrogens (tertiary/aromatic N) is 2. The fourth-order valence-electron chi connectivity index (χ4n) is 1.89. The van der Waals surface area contributed by atoms with Gasteiger partial charge >= 0.3 is 0 Å². The van der Waals surface area contributed by atoms with Crippen molar-refractivity contribution in [2.24, 2.45) is 7.05 Å². The van der Waals surface area contributed by atoms with Crippen molar-refractivity contribution >= 4 is 5.78 Å². The van der Waals surface area contributed by atoms with Gasteiger partial charge < -0.3 is 4.74 Å². The van der Waals surface area contributed by atoms with Crippen LogP contribution in [0.1, 0.15) is 28.7 Å². The van der Waals surface area contributed by atoms with E-state index in [-0.39, 0.29) is 11.3 Å². The molecule has 0 bridgehead atoms. The van der Waals surface area contributed by atoms with E-state index in [9.17, 15) is 9.18 Å². The smallest absolute Gasteiger partial charge is 0.214 e. The molecule has 0 amide bonds. The Morgan fingerprint density at radius 1 is 1.47 bits per heavy atom. The molecule has 19 heavy (non-hydrogen) atoms. The summed E-state index contributed by atoms with van der Waals surface area (Å²) in [7, 11) is 3.04. The zero-order valence-electron chi connectivity index (χ0n) is 11.1. The zero-order valence-corrected chi connectivity index (χ0v) is 11.1. The van der Waals surface area contributed by atoms with E-state index in [0.29, 0.717) is 5.69 Å². The minimum atomic E-state index is -0.644. The van der Waals surface area contributed by atoms with E-state index in [1.54, 1.807) is 19.2 Å². The summed E-state index contributed by atoms with van der Waals surface area (Å²) in [4.78, 5) is 12.3. The summed E-state index contributed by atoms with van der Waals surface area (Å²) in [5, 5.41) is 4.19. The Bertz CT molecular complexity index is 620. The number of aromatic nitrogens is 2. The minimum absolute atomic E-state index is 0.00926. The first kappa shape index (κ1) is 13.3. The number of halogens is 1. The summed E-state index contributed by atoms with van der Waals surface area (Å²) in [6.45, 7) is 1.95. The average molecular weight is 262 g/mol. The predicted molar refractivity (Wildman–Crippen MR) is 69.0 cm³/mol. The molecular formula is C14H15FN2O2. The van der Waals surface area contributed by atoms with Crippen LogP contribution in [0.2, 0.25) is 0 Å². The molecule has 4 nitrogen and oxygen atoms in total. The lowest BCUT2D eigenvalue weighted by Crippen LogP contribution is -2.10. The van der Waals surface area contributed by atoms with Gasteiger partial charge in [-0.05, 0) is 24.6 Å². The third-order valence-corrected chi connectivity index (χ3v) is 2.95. The molecule has 0 aliphatic heterocycles. The lowest BCUT2D eigenvalue weighted by Gasteiger charge is -2.06. The van der Waals surface area contributed by atoms with Crippen LogP contribution in [-0.2, 0) is 13.5 Å². The van der Waals surface area contributed by atoms with Crippen LogP contribution in [0.4, 0.5) is 4.39 Å². The monoisotopic (exact) mass is 262 g/mol. The second kappa shape index (κ2) is 5.22. The lowest BCUT2D eigenvalue weighted by atomic mass is 10.1. The van der Waals surface area contributed by atoms with E-state index in [2.05, 4.69) is 5.10 Å². The summed E-state index contributed by atoms with van der Waals surface area (Å²) in [5.74, 6) is -0.982. The summed E-state index contributed by atoms with van der Waals surface area (Å²) in [6, 6.07) is 6.19. The van der Waals surface area contributed by atoms with Gasteiger partial charge in [0.2, 0.25) is 5.78 Å². The number of carbonyl (C=O) groups excluding carboxylic acids is 1. The fourth-order valence-corrected chi connectivity index (χ4v) is 1.89. The van der Waals surface area contributed by atoms with Gasteiger partial charge in [0.1, 0.15) is 5.69 Å². The highest BCUT2D eigenvalue weighted by atomic mass is 19.1. The molecule has 0 aliphatic rings. The standard InChI is InChI=1S/C14H15FN2O2/c1-4-9-8-11(17(2)16-9)14(18)10-6-5-7-12(19-3)13(10)15/h5-8H,4H2,1-3H3. The van der Waals surface area contributed by atoms with Crippen LogP contribution in [-0.4, -0.2) is 22.7 Å². The maximum atomic E-state index is 14.1. The predicted octanol–water partition coefficient (Wildman–Crippen LogP) is 2.36. The summed E-state index contributed by atoms with van der Waals surface area (Å²) in [6.07, 6.45) is 0.724. The highest BCUT2D eigenvalue weighted by Crippen LogP contribution is 2.22. The number of hydrogen-bond donors (Lipinski definition) is 0. The lowest BCUT2D eigenvalue weighted by molar-refractivity contribution is 0.102. The van der Waals surface area contributed by atoms with Crippen molar-refractivity contribution in [3.8, 4) is 5.75 Å². The Hall–Kier alpha value is -2.17. The Morgan fingerprint density at radius 2 is 2.21 bits per heavy atom. The van der Waals surface area contributed by atoms with E-state index < -0.39 is 11.6 Å². The third-order valence-electron chi connectivity index (χ3n) is 2.95.